The van der Waals surface area contributed by atoms with Gasteiger partial charge in [-0.3, -0.25) is 4.90 Å². The van der Waals surface area contributed by atoms with Crippen LogP contribution in [0.25, 0.3) is 0 Å². The molecule has 4 N–H and O–H groups in total. The molecule has 1 saturated heterocycles. The van der Waals surface area contributed by atoms with E-state index < -0.39 is 0 Å². The molecule has 0 bridgehead atoms. The van der Waals surface area contributed by atoms with E-state index in [2.05, 4.69) is 37.4 Å². The molecule has 3 heterocycles. The summed E-state index contributed by atoms with van der Waals surface area (Å²) < 4.78 is 0. The van der Waals surface area contributed by atoms with Crippen molar-refractivity contribution in [2.24, 2.45) is 0 Å². The molecule has 0 aliphatic carbocycles. The van der Waals surface area contributed by atoms with E-state index in [0.717, 1.165) is 6.54 Å². The fourth-order valence-electron chi connectivity index (χ4n) is 2.53. The molecule has 2 aromatic rings. The molecule has 1 fully saturated rings. The average Bonchev–Trinajstić information content (AvgIpc) is 2.96. The summed E-state index contributed by atoms with van der Waals surface area (Å²) in [5, 5.41) is 2.12. The van der Waals surface area contributed by atoms with Crippen LogP contribution >= 0.6 is 11.3 Å². The molecule has 2 aromatic heterocycles. The number of nitrogen functional groups attached to an aromatic ring is 2. The lowest BCUT2D eigenvalue weighted by Crippen LogP contribution is -2.24. The standard InChI is InChI=1S/C12H16N6S/c13-11-15-10(16-12(14)17-11)7-18-5-1-3-8(18)9-4-2-6-19-9/h2,4,6,8H,1,3,5,7H2,(H4,13,14,15,16,17). The highest BCUT2D eigenvalue weighted by Crippen LogP contribution is 2.35. The predicted molar refractivity (Wildman–Crippen MR) is 75.4 cm³/mol. The van der Waals surface area contributed by atoms with Gasteiger partial charge in [0.1, 0.15) is 5.82 Å². The zero-order chi connectivity index (χ0) is 13.2. The quantitative estimate of drug-likeness (QED) is 0.881. The molecule has 1 unspecified atom stereocenters. The second-order valence-corrected chi connectivity index (χ2v) is 5.59. The van der Waals surface area contributed by atoms with Crippen molar-refractivity contribution >= 4 is 23.2 Å². The van der Waals surface area contributed by atoms with Crippen LogP contribution in [0.15, 0.2) is 17.5 Å². The van der Waals surface area contributed by atoms with Crippen molar-refractivity contribution in [3.05, 3.63) is 28.2 Å². The molecule has 0 saturated carbocycles. The van der Waals surface area contributed by atoms with Gasteiger partial charge in [0, 0.05) is 10.9 Å². The monoisotopic (exact) mass is 276 g/mol. The molecule has 100 valence electrons. The molecular formula is C12H16N6S. The molecule has 0 radical (unpaired) electrons. The van der Waals surface area contributed by atoms with Gasteiger partial charge in [-0.1, -0.05) is 6.07 Å². The number of nitrogens with zero attached hydrogens (tertiary/aromatic N) is 4. The van der Waals surface area contributed by atoms with E-state index in [1.165, 1.54) is 17.7 Å². The first-order valence-corrected chi connectivity index (χ1v) is 7.13. The van der Waals surface area contributed by atoms with Crippen LogP contribution in [-0.2, 0) is 6.54 Å². The van der Waals surface area contributed by atoms with Crippen molar-refractivity contribution in [2.75, 3.05) is 18.0 Å². The van der Waals surface area contributed by atoms with Crippen LogP contribution < -0.4 is 11.5 Å². The van der Waals surface area contributed by atoms with Gasteiger partial charge in [-0.05, 0) is 30.8 Å². The van der Waals surface area contributed by atoms with Crippen LogP contribution in [-0.4, -0.2) is 26.4 Å². The maximum atomic E-state index is 5.60. The Morgan fingerprint density at radius 1 is 1.26 bits per heavy atom. The molecule has 19 heavy (non-hydrogen) atoms. The minimum atomic E-state index is 0.189. The second-order valence-electron chi connectivity index (χ2n) is 4.61. The molecule has 1 aliphatic rings. The van der Waals surface area contributed by atoms with Crippen LogP contribution in [0.2, 0.25) is 0 Å². The molecule has 0 aromatic carbocycles. The summed E-state index contributed by atoms with van der Waals surface area (Å²) in [6.07, 6.45) is 2.37. The maximum Gasteiger partial charge on any atom is 0.225 e. The highest BCUT2D eigenvalue weighted by atomic mass is 32.1. The Bertz CT molecular complexity index is 535. The van der Waals surface area contributed by atoms with Gasteiger partial charge in [0.15, 0.2) is 0 Å². The third kappa shape index (κ3) is 2.66. The summed E-state index contributed by atoms with van der Waals surface area (Å²) in [7, 11) is 0. The molecule has 3 rings (SSSR count). The van der Waals surface area contributed by atoms with E-state index in [1.54, 1.807) is 11.3 Å². The van der Waals surface area contributed by atoms with Gasteiger partial charge in [0.25, 0.3) is 0 Å². The normalized spacial score (nSPS) is 19.9. The third-order valence-electron chi connectivity index (χ3n) is 3.30. The summed E-state index contributed by atoms with van der Waals surface area (Å²) in [4.78, 5) is 15.9. The van der Waals surface area contributed by atoms with Crippen molar-refractivity contribution in [3.8, 4) is 0 Å². The minimum Gasteiger partial charge on any atom is -0.368 e. The van der Waals surface area contributed by atoms with Gasteiger partial charge in [-0.15, -0.1) is 11.3 Å². The average molecular weight is 276 g/mol. The van der Waals surface area contributed by atoms with E-state index >= 15 is 0 Å². The van der Waals surface area contributed by atoms with Crippen molar-refractivity contribution in [1.82, 2.24) is 19.9 Å². The fourth-order valence-corrected chi connectivity index (χ4v) is 3.42. The Balaban J connectivity index is 1.78. The Morgan fingerprint density at radius 2 is 2.05 bits per heavy atom. The smallest absolute Gasteiger partial charge is 0.225 e. The predicted octanol–water partition coefficient (Wildman–Crippen LogP) is 1.43. The fraction of sp³-hybridized carbons (Fsp3) is 0.417. The number of likely N-dealkylation sites (tertiary alicyclic amines) is 1. The summed E-state index contributed by atoms with van der Waals surface area (Å²) in [6.45, 7) is 1.72. The van der Waals surface area contributed by atoms with Gasteiger partial charge in [-0.25, -0.2) is 0 Å². The van der Waals surface area contributed by atoms with Gasteiger partial charge in [-0.2, -0.15) is 15.0 Å². The number of thiophene rings is 1. The van der Waals surface area contributed by atoms with Crippen LogP contribution in [0.4, 0.5) is 11.9 Å². The summed E-state index contributed by atoms with van der Waals surface area (Å²) in [5.74, 6) is 1.03. The summed E-state index contributed by atoms with van der Waals surface area (Å²) in [6, 6.07) is 4.73. The van der Waals surface area contributed by atoms with Crippen LogP contribution in [0, 0.1) is 0 Å². The minimum absolute atomic E-state index is 0.189. The van der Waals surface area contributed by atoms with E-state index in [-0.39, 0.29) is 11.9 Å². The van der Waals surface area contributed by atoms with Crippen molar-refractivity contribution in [1.29, 1.82) is 0 Å². The first-order valence-electron chi connectivity index (χ1n) is 6.26. The van der Waals surface area contributed by atoms with Gasteiger partial charge in [0.05, 0.1) is 6.54 Å². The zero-order valence-corrected chi connectivity index (χ0v) is 11.3. The summed E-state index contributed by atoms with van der Waals surface area (Å²) in [5.41, 5.74) is 11.2. The Morgan fingerprint density at radius 3 is 2.74 bits per heavy atom. The number of anilines is 2. The molecule has 6 nitrogen and oxygen atoms in total. The number of nitrogens with two attached hydrogens (primary N) is 2. The maximum absolute atomic E-state index is 5.60. The molecule has 0 amide bonds. The highest BCUT2D eigenvalue weighted by Gasteiger charge is 2.27. The Hall–Kier alpha value is -1.73. The molecule has 7 heteroatoms. The first kappa shape index (κ1) is 12.3. The van der Waals surface area contributed by atoms with E-state index in [9.17, 15) is 0 Å². The van der Waals surface area contributed by atoms with Crippen molar-refractivity contribution < 1.29 is 0 Å². The second kappa shape index (κ2) is 5.10. The molecule has 1 aliphatic heterocycles. The number of hydrogen-bond donors (Lipinski definition) is 2. The lowest BCUT2D eigenvalue weighted by atomic mass is 10.2. The highest BCUT2D eigenvalue weighted by molar-refractivity contribution is 7.10. The lowest BCUT2D eigenvalue weighted by molar-refractivity contribution is 0.245. The van der Waals surface area contributed by atoms with Crippen LogP contribution in [0.1, 0.15) is 29.6 Å². The third-order valence-corrected chi connectivity index (χ3v) is 4.27. The molecule has 1 atom stereocenters. The Labute approximate surface area is 115 Å². The largest absolute Gasteiger partial charge is 0.368 e. The molecular weight excluding hydrogens is 260 g/mol. The van der Waals surface area contributed by atoms with Gasteiger partial charge >= 0.3 is 0 Å². The van der Waals surface area contributed by atoms with Crippen LogP contribution in [0.5, 0.6) is 0 Å². The SMILES string of the molecule is Nc1nc(N)nc(CN2CCCC2c2cccs2)n1. The molecule has 0 spiro atoms. The Kier molecular flexibility index (Phi) is 3.31. The number of hydrogen-bond acceptors (Lipinski definition) is 7. The number of rotatable bonds is 3. The lowest BCUT2D eigenvalue weighted by Gasteiger charge is -2.22. The zero-order valence-electron chi connectivity index (χ0n) is 10.5. The van der Waals surface area contributed by atoms with Crippen molar-refractivity contribution in [2.45, 2.75) is 25.4 Å². The van der Waals surface area contributed by atoms with E-state index in [4.69, 9.17) is 11.5 Å². The summed E-state index contributed by atoms with van der Waals surface area (Å²) >= 11 is 1.80. The van der Waals surface area contributed by atoms with Crippen LogP contribution in [0.3, 0.4) is 0 Å². The van der Waals surface area contributed by atoms with Gasteiger partial charge < -0.3 is 11.5 Å². The van der Waals surface area contributed by atoms with Gasteiger partial charge in [0.2, 0.25) is 11.9 Å². The van der Waals surface area contributed by atoms with E-state index in [1.807, 2.05) is 0 Å². The van der Waals surface area contributed by atoms with Crippen molar-refractivity contribution in [3.63, 3.8) is 0 Å². The topological polar surface area (TPSA) is 93.9 Å². The van der Waals surface area contributed by atoms with E-state index in [0.29, 0.717) is 18.4 Å². The number of aromatic nitrogens is 3. The first-order chi connectivity index (χ1) is 9.22.